The quantitative estimate of drug-likeness (QED) is 0.365. The summed E-state index contributed by atoms with van der Waals surface area (Å²) in [5, 5.41) is 0. The van der Waals surface area contributed by atoms with Crippen molar-refractivity contribution in [1.82, 2.24) is 0 Å². The van der Waals surface area contributed by atoms with Gasteiger partial charge in [0.25, 0.3) is 0 Å². The summed E-state index contributed by atoms with van der Waals surface area (Å²) in [4.78, 5) is 24.0. The maximum Gasteiger partial charge on any atom is 0.347 e. The Hall–Kier alpha value is -1.71. The average Bonchev–Trinajstić information content (AvgIpc) is 3.08. The van der Waals surface area contributed by atoms with E-state index in [1.54, 1.807) is 13.8 Å². The Bertz CT molecular complexity index is 936. The predicted molar refractivity (Wildman–Crippen MR) is 129 cm³/mol. The summed E-state index contributed by atoms with van der Waals surface area (Å²) >= 11 is 0. The van der Waals surface area contributed by atoms with E-state index in [1.165, 1.54) is 0 Å². The molecule has 6 rings (SSSR count). The van der Waals surface area contributed by atoms with Crippen molar-refractivity contribution in [2.24, 2.45) is 23.7 Å². The molecule has 1 aliphatic carbocycles. The standard InChI is InChI=1S/C28H40O8/c1-7-30-24(29)19(5)31-21-11-9-20(10-12-21)18(4)32-25-17(3)23-13-8-16(2)22-14-15-27(6)34-26(33-25)28(22,23)36-35-27/h9-12,16-19,22-23,25-26H,7-8,13-15H2,1-6H3/t16-,17+,18?,19?,22?,23?,25-,26-,27+,28-/m1/s1. The van der Waals surface area contributed by atoms with Gasteiger partial charge < -0.3 is 23.7 Å². The zero-order chi connectivity index (χ0) is 25.7. The topological polar surface area (TPSA) is 81.7 Å². The fraction of sp³-hybridized carbons (Fsp3) is 0.750. The second-order valence-corrected chi connectivity index (χ2v) is 11.1. The van der Waals surface area contributed by atoms with Crippen molar-refractivity contribution in [2.45, 2.75) is 103 Å². The molecule has 8 heteroatoms. The third-order valence-corrected chi connectivity index (χ3v) is 8.72. The number of hydrogen-bond donors (Lipinski definition) is 0. The molecule has 1 aromatic rings. The first-order valence-corrected chi connectivity index (χ1v) is 13.5. The van der Waals surface area contributed by atoms with Gasteiger partial charge in [-0.2, -0.15) is 0 Å². The van der Waals surface area contributed by atoms with E-state index >= 15 is 0 Å². The summed E-state index contributed by atoms with van der Waals surface area (Å²) in [6.45, 7) is 12.2. The highest BCUT2D eigenvalue weighted by Gasteiger charge is 2.69. The molecule has 0 aromatic heterocycles. The SMILES string of the molecule is CCOC(=O)C(C)Oc1ccc(C(C)O[C@@H]2O[C@@H]3O[C@]4(C)CCC5[C@H](C)CCC([C@@H]2C)[C@]53OO4)cc1. The van der Waals surface area contributed by atoms with Crippen LogP contribution in [0, 0.1) is 23.7 Å². The Labute approximate surface area is 213 Å². The number of carbonyl (C=O) groups is 1. The molecule has 5 aliphatic rings. The van der Waals surface area contributed by atoms with Gasteiger partial charge in [0.15, 0.2) is 24.3 Å². The zero-order valence-electron chi connectivity index (χ0n) is 22.2. The third-order valence-electron chi connectivity index (χ3n) is 8.72. The minimum Gasteiger partial charge on any atom is -0.479 e. The average molecular weight is 505 g/mol. The zero-order valence-corrected chi connectivity index (χ0v) is 22.2. The third kappa shape index (κ3) is 4.45. The molecular weight excluding hydrogens is 464 g/mol. The van der Waals surface area contributed by atoms with Crippen LogP contribution < -0.4 is 4.74 Å². The molecule has 200 valence electrons. The molecule has 0 N–H and O–H groups in total. The Morgan fingerprint density at radius 3 is 2.56 bits per heavy atom. The predicted octanol–water partition coefficient (Wildman–Crippen LogP) is 5.30. The van der Waals surface area contributed by atoms with Crippen molar-refractivity contribution in [3.8, 4) is 5.75 Å². The van der Waals surface area contributed by atoms with Gasteiger partial charge in [0.1, 0.15) is 5.75 Å². The largest absolute Gasteiger partial charge is 0.479 e. The van der Waals surface area contributed by atoms with Gasteiger partial charge in [-0.3, -0.25) is 0 Å². The van der Waals surface area contributed by atoms with Gasteiger partial charge in [-0.15, -0.1) is 0 Å². The summed E-state index contributed by atoms with van der Waals surface area (Å²) < 4.78 is 30.2. The van der Waals surface area contributed by atoms with Crippen molar-refractivity contribution >= 4 is 5.97 Å². The molecule has 2 bridgehead atoms. The lowest BCUT2D eigenvalue weighted by molar-refractivity contribution is -0.578. The lowest BCUT2D eigenvalue weighted by Crippen LogP contribution is -2.70. The lowest BCUT2D eigenvalue weighted by Gasteiger charge is -2.60. The number of esters is 1. The molecule has 1 saturated carbocycles. The van der Waals surface area contributed by atoms with Gasteiger partial charge in [0.2, 0.25) is 5.79 Å². The molecular formula is C28H40O8. The Morgan fingerprint density at radius 2 is 1.83 bits per heavy atom. The van der Waals surface area contributed by atoms with Gasteiger partial charge in [-0.25, -0.2) is 14.6 Å². The summed E-state index contributed by atoms with van der Waals surface area (Å²) in [6.07, 6.45) is 2.15. The minimum absolute atomic E-state index is 0.112. The highest BCUT2D eigenvalue weighted by atomic mass is 17.3. The Kier molecular flexibility index (Phi) is 7.11. The minimum atomic E-state index is -0.801. The molecule has 4 heterocycles. The van der Waals surface area contributed by atoms with Crippen LogP contribution in [0.2, 0.25) is 0 Å². The molecule has 4 aliphatic heterocycles. The van der Waals surface area contributed by atoms with Gasteiger partial charge in [-0.05, 0) is 76.5 Å². The van der Waals surface area contributed by atoms with Gasteiger partial charge in [0.05, 0.1) is 12.7 Å². The Balaban J connectivity index is 1.29. The van der Waals surface area contributed by atoms with E-state index in [9.17, 15) is 4.79 Å². The molecule has 0 radical (unpaired) electrons. The first-order valence-electron chi connectivity index (χ1n) is 13.5. The van der Waals surface area contributed by atoms with Gasteiger partial charge >= 0.3 is 5.97 Å². The number of benzene rings is 1. The fourth-order valence-electron chi connectivity index (χ4n) is 6.64. The van der Waals surface area contributed by atoms with Crippen molar-refractivity contribution in [2.75, 3.05) is 6.61 Å². The number of rotatable bonds is 7. The number of fused-ring (bicyclic) bond motifs is 2. The van der Waals surface area contributed by atoms with Crippen LogP contribution in [-0.4, -0.2) is 42.6 Å². The van der Waals surface area contributed by atoms with E-state index in [1.807, 2.05) is 38.1 Å². The first kappa shape index (κ1) is 25.9. The summed E-state index contributed by atoms with van der Waals surface area (Å²) in [5.41, 5.74) is 0.400. The van der Waals surface area contributed by atoms with Crippen molar-refractivity contribution in [3.63, 3.8) is 0 Å². The highest BCUT2D eigenvalue weighted by Crippen LogP contribution is 2.60. The van der Waals surface area contributed by atoms with Crippen LogP contribution >= 0.6 is 0 Å². The molecule has 1 aromatic carbocycles. The molecule has 1 spiro atoms. The number of carbonyl (C=O) groups excluding carboxylic acids is 1. The van der Waals surface area contributed by atoms with Crippen LogP contribution in [0.15, 0.2) is 24.3 Å². The van der Waals surface area contributed by atoms with E-state index in [2.05, 4.69) is 13.8 Å². The smallest absolute Gasteiger partial charge is 0.347 e. The van der Waals surface area contributed by atoms with Crippen LogP contribution in [0.4, 0.5) is 0 Å². The van der Waals surface area contributed by atoms with Gasteiger partial charge in [-0.1, -0.05) is 26.0 Å². The molecule has 10 atom stereocenters. The van der Waals surface area contributed by atoms with Crippen molar-refractivity contribution in [1.29, 1.82) is 0 Å². The molecule has 4 unspecified atom stereocenters. The van der Waals surface area contributed by atoms with E-state index in [4.69, 9.17) is 33.5 Å². The van der Waals surface area contributed by atoms with Crippen LogP contribution in [-0.2, 0) is 33.5 Å². The summed E-state index contributed by atoms with van der Waals surface area (Å²) in [6, 6.07) is 7.59. The first-order chi connectivity index (χ1) is 17.2. The second kappa shape index (κ2) is 9.87. The highest BCUT2D eigenvalue weighted by molar-refractivity contribution is 5.74. The van der Waals surface area contributed by atoms with Crippen LogP contribution in [0.25, 0.3) is 0 Å². The Morgan fingerprint density at radius 1 is 1.08 bits per heavy atom. The summed E-state index contributed by atoms with van der Waals surface area (Å²) in [5.74, 6) is 0.610. The van der Waals surface area contributed by atoms with Crippen LogP contribution in [0.3, 0.4) is 0 Å². The van der Waals surface area contributed by atoms with E-state index in [0.29, 0.717) is 24.2 Å². The van der Waals surface area contributed by atoms with Crippen LogP contribution in [0.5, 0.6) is 5.75 Å². The van der Waals surface area contributed by atoms with Crippen molar-refractivity contribution < 1.29 is 38.3 Å². The normalized spacial score (nSPS) is 41.1. The molecule has 5 fully saturated rings. The summed E-state index contributed by atoms with van der Waals surface area (Å²) in [7, 11) is 0. The molecule has 4 saturated heterocycles. The van der Waals surface area contributed by atoms with E-state index in [0.717, 1.165) is 31.2 Å². The van der Waals surface area contributed by atoms with Crippen LogP contribution in [0.1, 0.15) is 78.9 Å². The maximum atomic E-state index is 11.8. The lowest BCUT2D eigenvalue weighted by atomic mass is 9.58. The number of hydrogen-bond acceptors (Lipinski definition) is 8. The molecule has 8 nitrogen and oxygen atoms in total. The molecule has 0 amide bonds. The van der Waals surface area contributed by atoms with E-state index in [-0.39, 0.29) is 23.9 Å². The second-order valence-electron chi connectivity index (χ2n) is 11.1. The van der Waals surface area contributed by atoms with Crippen molar-refractivity contribution in [3.05, 3.63) is 29.8 Å². The molecule has 36 heavy (non-hydrogen) atoms. The van der Waals surface area contributed by atoms with E-state index < -0.39 is 30.1 Å². The fourth-order valence-corrected chi connectivity index (χ4v) is 6.64. The number of ether oxygens (including phenoxy) is 5. The maximum absolute atomic E-state index is 11.8. The van der Waals surface area contributed by atoms with Gasteiger partial charge in [0, 0.05) is 18.3 Å². The monoisotopic (exact) mass is 504 g/mol.